The molecule has 0 saturated heterocycles. The number of hydrogen-bond acceptors (Lipinski definition) is 4. The molecule has 3 aromatic heterocycles. The SMILES string of the molecule is c1ccc(-c2ccc(N(c3ccc4c(c3)oc3ccccc34)c3ccnc4c3oc3c5ccccc5ccc43)cc2)cc1. The fourth-order valence-electron chi connectivity index (χ4n) is 6.26. The van der Waals surface area contributed by atoms with Gasteiger partial charge in [0.2, 0.25) is 0 Å². The lowest BCUT2D eigenvalue weighted by Gasteiger charge is -2.25. The molecule has 0 atom stereocenters. The van der Waals surface area contributed by atoms with Gasteiger partial charge in [-0.3, -0.25) is 4.98 Å². The summed E-state index contributed by atoms with van der Waals surface area (Å²) in [4.78, 5) is 7.03. The summed E-state index contributed by atoms with van der Waals surface area (Å²) >= 11 is 0. The molecule has 0 radical (unpaired) electrons. The number of fused-ring (bicyclic) bond motifs is 8. The highest BCUT2D eigenvalue weighted by atomic mass is 16.3. The summed E-state index contributed by atoms with van der Waals surface area (Å²) in [6, 6.07) is 48.3. The second-order valence-electron chi connectivity index (χ2n) is 10.8. The van der Waals surface area contributed by atoms with Crippen molar-refractivity contribution in [2.45, 2.75) is 0 Å². The van der Waals surface area contributed by atoms with Crippen molar-refractivity contribution in [1.82, 2.24) is 4.98 Å². The van der Waals surface area contributed by atoms with Crippen LogP contribution < -0.4 is 4.90 Å². The van der Waals surface area contributed by atoms with Crippen LogP contribution in [0, 0.1) is 0 Å². The van der Waals surface area contributed by atoms with Crippen molar-refractivity contribution >= 4 is 71.8 Å². The number of para-hydroxylation sites is 1. The molecule has 0 aliphatic rings. The Kier molecular flexibility index (Phi) is 5.16. The van der Waals surface area contributed by atoms with E-state index in [-0.39, 0.29) is 0 Å². The van der Waals surface area contributed by atoms with E-state index >= 15 is 0 Å². The molecule has 202 valence electrons. The van der Waals surface area contributed by atoms with E-state index in [2.05, 4.69) is 108 Å². The molecular formula is C39H24N2O2. The first kappa shape index (κ1) is 23.8. The third-order valence-corrected chi connectivity index (χ3v) is 8.32. The second-order valence-corrected chi connectivity index (χ2v) is 10.8. The smallest absolute Gasteiger partial charge is 0.177 e. The van der Waals surface area contributed by atoms with E-state index in [1.807, 2.05) is 42.6 Å². The monoisotopic (exact) mass is 552 g/mol. The highest BCUT2D eigenvalue weighted by Crippen LogP contribution is 2.44. The number of benzene rings is 6. The molecule has 0 aliphatic heterocycles. The van der Waals surface area contributed by atoms with Crippen LogP contribution in [0.5, 0.6) is 0 Å². The minimum absolute atomic E-state index is 0.741. The maximum atomic E-state index is 6.72. The van der Waals surface area contributed by atoms with Gasteiger partial charge in [-0.2, -0.15) is 0 Å². The zero-order valence-corrected chi connectivity index (χ0v) is 23.1. The molecule has 0 unspecified atom stereocenters. The Morgan fingerprint density at radius 3 is 2.05 bits per heavy atom. The van der Waals surface area contributed by atoms with E-state index in [9.17, 15) is 0 Å². The highest BCUT2D eigenvalue weighted by Gasteiger charge is 2.22. The molecule has 9 aromatic rings. The minimum atomic E-state index is 0.741. The van der Waals surface area contributed by atoms with Crippen molar-refractivity contribution in [3.63, 3.8) is 0 Å². The molecule has 0 aliphatic carbocycles. The van der Waals surface area contributed by atoms with Crippen molar-refractivity contribution in [2.75, 3.05) is 4.90 Å². The van der Waals surface area contributed by atoms with Crippen LogP contribution in [0.15, 0.2) is 155 Å². The Labute approximate surface area is 247 Å². The minimum Gasteiger partial charge on any atom is -0.456 e. The van der Waals surface area contributed by atoms with E-state index in [1.54, 1.807) is 0 Å². The van der Waals surface area contributed by atoms with Gasteiger partial charge in [-0.15, -0.1) is 0 Å². The molecule has 9 rings (SSSR count). The molecule has 0 fully saturated rings. The fourth-order valence-corrected chi connectivity index (χ4v) is 6.26. The fraction of sp³-hybridized carbons (Fsp3) is 0. The van der Waals surface area contributed by atoms with Gasteiger partial charge < -0.3 is 13.7 Å². The summed E-state index contributed by atoms with van der Waals surface area (Å²) in [6.45, 7) is 0. The van der Waals surface area contributed by atoms with Crippen LogP contribution in [0.2, 0.25) is 0 Å². The summed E-state index contributed by atoms with van der Waals surface area (Å²) in [6.07, 6.45) is 1.87. The number of aromatic nitrogens is 1. The Balaban J connectivity index is 1.29. The lowest BCUT2D eigenvalue weighted by atomic mass is 10.0. The van der Waals surface area contributed by atoms with Gasteiger partial charge >= 0.3 is 0 Å². The Hall–Kier alpha value is -5.87. The average molecular weight is 553 g/mol. The molecule has 0 N–H and O–H groups in total. The van der Waals surface area contributed by atoms with Gasteiger partial charge in [0, 0.05) is 39.5 Å². The van der Waals surface area contributed by atoms with Crippen molar-refractivity contribution < 1.29 is 8.83 Å². The highest BCUT2D eigenvalue weighted by molar-refractivity contribution is 6.16. The van der Waals surface area contributed by atoms with Crippen LogP contribution in [-0.2, 0) is 0 Å². The maximum absolute atomic E-state index is 6.72. The summed E-state index contributed by atoms with van der Waals surface area (Å²) in [7, 11) is 0. The zero-order valence-electron chi connectivity index (χ0n) is 23.1. The quantitative estimate of drug-likeness (QED) is 0.218. The first-order chi connectivity index (χ1) is 21.3. The topological polar surface area (TPSA) is 42.4 Å². The average Bonchev–Trinajstić information content (AvgIpc) is 3.64. The first-order valence-electron chi connectivity index (χ1n) is 14.4. The molecule has 0 bridgehead atoms. The maximum Gasteiger partial charge on any atom is 0.177 e. The number of hydrogen-bond donors (Lipinski definition) is 0. The van der Waals surface area contributed by atoms with Crippen LogP contribution in [0.4, 0.5) is 17.1 Å². The zero-order chi connectivity index (χ0) is 28.3. The van der Waals surface area contributed by atoms with Gasteiger partial charge in [-0.05, 0) is 59.0 Å². The number of anilines is 3. The predicted molar refractivity (Wildman–Crippen MR) is 176 cm³/mol. The van der Waals surface area contributed by atoms with E-state index in [0.29, 0.717) is 0 Å². The summed E-state index contributed by atoms with van der Waals surface area (Å²) in [5.41, 5.74) is 9.37. The van der Waals surface area contributed by atoms with Gasteiger partial charge in [0.15, 0.2) is 5.58 Å². The van der Waals surface area contributed by atoms with Crippen LogP contribution in [0.25, 0.3) is 65.9 Å². The van der Waals surface area contributed by atoms with Crippen LogP contribution >= 0.6 is 0 Å². The summed E-state index contributed by atoms with van der Waals surface area (Å²) in [5.74, 6) is 0. The molecule has 4 heteroatoms. The number of rotatable bonds is 4. The van der Waals surface area contributed by atoms with E-state index in [1.165, 1.54) is 5.56 Å². The van der Waals surface area contributed by atoms with Gasteiger partial charge in [0.05, 0.1) is 11.4 Å². The molecule has 0 amide bonds. The van der Waals surface area contributed by atoms with Gasteiger partial charge in [0.25, 0.3) is 0 Å². The first-order valence-corrected chi connectivity index (χ1v) is 14.4. The second kappa shape index (κ2) is 9.33. The Morgan fingerprint density at radius 1 is 0.465 bits per heavy atom. The number of nitrogens with zero attached hydrogens (tertiary/aromatic N) is 2. The Bertz CT molecular complexity index is 2450. The summed E-state index contributed by atoms with van der Waals surface area (Å²) in [5, 5.41) is 5.42. The van der Waals surface area contributed by atoms with Gasteiger partial charge in [-0.25, -0.2) is 0 Å². The van der Waals surface area contributed by atoms with E-state index < -0.39 is 0 Å². The lowest BCUT2D eigenvalue weighted by Crippen LogP contribution is -2.10. The molecule has 3 heterocycles. The van der Waals surface area contributed by atoms with Crippen molar-refractivity contribution in [3.8, 4) is 11.1 Å². The predicted octanol–water partition coefficient (Wildman–Crippen LogP) is 11.2. The summed E-state index contributed by atoms with van der Waals surface area (Å²) < 4.78 is 13.0. The van der Waals surface area contributed by atoms with Crippen molar-refractivity contribution in [3.05, 3.63) is 146 Å². The molecule has 6 aromatic carbocycles. The number of pyridine rings is 1. The van der Waals surface area contributed by atoms with Gasteiger partial charge in [0.1, 0.15) is 22.3 Å². The Morgan fingerprint density at radius 2 is 1.16 bits per heavy atom. The molecule has 0 saturated carbocycles. The number of furan rings is 2. The van der Waals surface area contributed by atoms with Gasteiger partial charge in [-0.1, -0.05) is 91.0 Å². The van der Waals surface area contributed by atoms with E-state index in [0.717, 1.165) is 77.4 Å². The largest absolute Gasteiger partial charge is 0.456 e. The molecule has 4 nitrogen and oxygen atoms in total. The van der Waals surface area contributed by atoms with Crippen molar-refractivity contribution in [1.29, 1.82) is 0 Å². The third kappa shape index (κ3) is 3.74. The van der Waals surface area contributed by atoms with Crippen LogP contribution in [-0.4, -0.2) is 4.98 Å². The van der Waals surface area contributed by atoms with Crippen LogP contribution in [0.3, 0.4) is 0 Å². The molecular weight excluding hydrogens is 528 g/mol. The normalized spacial score (nSPS) is 11.7. The third-order valence-electron chi connectivity index (χ3n) is 8.32. The standard InChI is InChI=1S/C39H24N2O2/c1-2-8-25(9-3-1)26-14-17-28(18-15-26)41(29-19-21-32-31-12-6-7-13-35(31)42-36(32)24-29)34-22-23-40-37-33-20-16-27-10-4-5-11-30(27)38(33)43-39(34)37/h1-24H. The molecule has 43 heavy (non-hydrogen) atoms. The van der Waals surface area contributed by atoms with Crippen LogP contribution in [0.1, 0.15) is 0 Å². The molecule has 0 spiro atoms. The lowest BCUT2D eigenvalue weighted by molar-refractivity contribution is 0.668. The van der Waals surface area contributed by atoms with E-state index in [4.69, 9.17) is 13.8 Å². The van der Waals surface area contributed by atoms with Crippen molar-refractivity contribution in [2.24, 2.45) is 0 Å².